The normalized spacial score (nSPS) is 11.0. The highest BCUT2D eigenvalue weighted by atomic mass is 32.1. The predicted octanol–water partition coefficient (Wildman–Crippen LogP) is 4.54. The molecule has 0 radical (unpaired) electrons. The number of hydrogen-bond acceptors (Lipinski definition) is 7. The lowest BCUT2D eigenvalue weighted by Crippen LogP contribution is -1.97. The number of rotatable bonds is 4. The van der Waals surface area contributed by atoms with Gasteiger partial charge in [0, 0.05) is 11.1 Å². The Bertz CT molecular complexity index is 1040. The van der Waals surface area contributed by atoms with Gasteiger partial charge in [-0.2, -0.15) is 0 Å². The smallest absolute Gasteiger partial charge is 0.337 e. The number of carbonyl (C=O) groups is 2. The third-order valence-corrected chi connectivity index (χ3v) is 6.34. The molecule has 0 amide bonds. The Morgan fingerprint density at radius 2 is 1.40 bits per heavy atom. The number of aromatic carboxylic acids is 2. The van der Waals surface area contributed by atoms with Gasteiger partial charge in [0.15, 0.2) is 0 Å². The van der Waals surface area contributed by atoms with Crippen LogP contribution < -0.4 is 0 Å². The minimum atomic E-state index is -0.997. The summed E-state index contributed by atoms with van der Waals surface area (Å²) in [5.74, 6) is -1.99. The summed E-state index contributed by atoms with van der Waals surface area (Å²) in [4.78, 5) is 24.1. The number of carboxylic acid groups (broad SMARTS) is 2. The first-order chi connectivity index (χ1) is 12.1. The molecule has 0 spiro atoms. The second-order valence-electron chi connectivity index (χ2n) is 5.05. The predicted molar refractivity (Wildman–Crippen MR) is 98.0 cm³/mol. The van der Waals surface area contributed by atoms with E-state index in [0.29, 0.717) is 20.8 Å². The van der Waals surface area contributed by atoms with Gasteiger partial charge in [-0.3, -0.25) is 0 Å². The van der Waals surface area contributed by atoms with E-state index in [4.69, 9.17) is 0 Å². The Morgan fingerprint density at radius 3 is 2.00 bits per heavy atom. The lowest BCUT2D eigenvalue weighted by atomic mass is 10.0. The first kappa shape index (κ1) is 15.9. The van der Waals surface area contributed by atoms with Gasteiger partial charge in [-0.1, -0.05) is 16.6 Å². The molecule has 0 saturated heterocycles. The van der Waals surface area contributed by atoms with Crippen molar-refractivity contribution in [3.63, 3.8) is 0 Å². The van der Waals surface area contributed by atoms with Crippen LogP contribution >= 0.6 is 34.2 Å². The molecule has 3 aromatic heterocycles. The molecule has 0 aliphatic heterocycles. The topological polar surface area (TPSA) is 100 Å². The molecule has 6 nitrogen and oxygen atoms in total. The number of benzene rings is 1. The van der Waals surface area contributed by atoms with Crippen molar-refractivity contribution < 1.29 is 19.8 Å². The minimum Gasteiger partial charge on any atom is -0.478 e. The zero-order chi connectivity index (χ0) is 17.6. The number of fused-ring (bicyclic) bond motifs is 1. The molecule has 0 atom stereocenters. The molecule has 0 bridgehead atoms. The van der Waals surface area contributed by atoms with Crippen LogP contribution in [0.5, 0.6) is 0 Å². The van der Waals surface area contributed by atoms with Crippen molar-refractivity contribution in [3.05, 3.63) is 46.2 Å². The summed E-state index contributed by atoms with van der Waals surface area (Å²) in [5.41, 5.74) is 2.46. The molecule has 25 heavy (non-hydrogen) atoms. The number of hydrogen-bond donors (Lipinski definition) is 2. The lowest BCUT2D eigenvalue weighted by Gasteiger charge is -2.06. The Kier molecular flexibility index (Phi) is 3.83. The quantitative estimate of drug-likeness (QED) is 0.532. The molecule has 0 unspecified atom stereocenters. The zero-order valence-corrected chi connectivity index (χ0v) is 14.7. The molecule has 1 aromatic carbocycles. The molecule has 0 aliphatic carbocycles. The molecular weight excluding hydrogens is 380 g/mol. The maximum atomic E-state index is 11.4. The number of aromatic nitrogens is 2. The maximum Gasteiger partial charge on any atom is 0.337 e. The molecule has 0 fully saturated rings. The average molecular weight is 388 g/mol. The molecule has 2 N–H and O–H groups in total. The average Bonchev–Trinajstić information content (AvgIpc) is 3.32. The largest absolute Gasteiger partial charge is 0.478 e. The molecule has 124 valence electrons. The summed E-state index contributed by atoms with van der Waals surface area (Å²) in [6.45, 7) is 0. The second-order valence-corrected chi connectivity index (χ2v) is 7.63. The summed E-state index contributed by atoms with van der Waals surface area (Å²) in [7, 11) is 0. The van der Waals surface area contributed by atoms with Gasteiger partial charge in [0.05, 0.1) is 25.6 Å². The van der Waals surface area contributed by atoms with Gasteiger partial charge in [0.25, 0.3) is 0 Å². The van der Waals surface area contributed by atoms with Crippen molar-refractivity contribution in [3.8, 4) is 20.9 Å². The van der Waals surface area contributed by atoms with E-state index in [1.807, 2.05) is 0 Å². The highest BCUT2D eigenvalue weighted by molar-refractivity contribution is 7.17. The van der Waals surface area contributed by atoms with E-state index in [9.17, 15) is 19.8 Å². The van der Waals surface area contributed by atoms with E-state index in [-0.39, 0.29) is 11.1 Å². The van der Waals surface area contributed by atoms with Crippen molar-refractivity contribution >= 4 is 56.4 Å². The molecule has 4 aromatic rings. The number of nitrogens with zero attached hydrogens (tertiary/aromatic N) is 2. The summed E-state index contributed by atoms with van der Waals surface area (Å²) >= 11 is 3.83. The van der Waals surface area contributed by atoms with Gasteiger partial charge in [-0.25, -0.2) is 9.59 Å². The van der Waals surface area contributed by atoms with E-state index >= 15 is 0 Å². The Labute approximate surface area is 152 Å². The molecular formula is C16H8N2O4S3. The third kappa shape index (κ3) is 2.53. The van der Waals surface area contributed by atoms with Crippen LogP contribution in [0.2, 0.25) is 0 Å². The monoisotopic (exact) mass is 388 g/mol. The van der Waals surface area contributed by atoms with Crippen molar-refractivity contribution in [2.24, 2.45) is 0 Å². The van der Waals surface area contributed by atoms with Gasteiger partial charge >= 0.3 is 11.9 Å². The van der Waals surface area contributed by atoms with Gasteiger partial charge in [-0.05, 0) is 34.4 Å². The van der Waals surface area contributed by atoms with Crippen LogP contribution in [0.1, 0.15) is 20.7 Å². The van der Waals surface area contributed by atoms with E-state index in [2.05, 4.69) is 9.59 Å². The van der Waals surface area contributed by atoms with Crippen LogP contribution in [0.3, 0.4) is 0 Å². The third-order valence-electron chi connectivity index (χ3n) is 3.68. The van der Waals surface area contributed by atoms with Crippen molar-refractivity contribution in [2.45, 2.75) is 0 Å². The first-order valence-corrected chi connectivity index (χ1v) is 9.48. The summed E-state index contributed by atoms with van der Waals surface area (Å²) in [5, 5.41) is 26.3. The standard InChI is InChI=1S/C16H8N2O4S3/c19-15(20)9-3-5-23-12(9)7-1-2-8(14-11(7)17-18-25-14)13-10(16(21)22)4-6-24-13/h1-6H,(H,19,20)(H,21,22). The Hall–Kier alpha value is -2.62. The van der Waals surface area contributed by atoms with Crippen molar-refractivity contribution in [1.82, 2.24) is 9.59 Å². The molecule has 0 aliphatic rings. The summed E-state index contributed by atoms with van der Waals surface area (Å²) in [6.07, 6.45) is 0. The van der Waals surface area contributed by atoms with Crippen LogP contribution in [-0.4, -0.2) is 31.7 Å². The van der Waals surface area contributed by atoms with Gasteiger partial charge in [0.2, 0.25) is 0 Å². The van der Waals surface area contributed by atoms with Gasteiger partial charge in [0.1, 0.15) is 5.52 Å². The molecule has 3 heterocycles. The maximum absolute atomic E-state index is 11.4. The minimum absolute atomic E-state index is 0.217. The summed E-state index contributed by atoms with van der Waals surface area (Å²) in [6, 6.07) is 6.71. The van der Waals surface area contributed by atoms with Crippen LogP contribution in [0.15, 0.2) is 35.0 Å². The fourth-order valence-electron chi connectivity index (χ4n) is 2.60. The van der Waals surface area contributed by atoms with Crippen LogP contribution in [-0.2, 0) is 0 Å². The zero-order valence-electron chi connectivity index (χ0n) is 12.3. The second kappa shape index (κ2) is 6.03. The highest BCUT2D eigenvalue weighted by Crippen LogP contribution is 2.41. The Balaban J connectivity index is 1.96. The molecule has 4 rings (SSSR count). The van der Waals surface area contributed by atoms with E-state index < -0.39 is 11.9 Å². The van der Waals surface area contributed by atoms with Crippen LogP contribution in [0.4, 0.5) is 0 Å². The highest BCUT2D eigenvalue weighted by Gasteiger charge is 2.21. The molecule has 9 heteroatoms. The summed E-state index contributed by atoms with van der Waals surface area (Å²) < 4.78 is 4.74. The van der Waals surface area contributed by atoms with E-state index in [1.165, 1.54) is 34.2 Å². The van der Waals surface area contributed by atoms with Crippen molar-refractivity contribution in [2.75, 3.05) is 0 Å². The van der Waals surface area contributed by atoms with Gasteiger partial charge in [-0.15, -0.1) is 27.8 Å². The molecule has 0 saturated carbocycles. The van der Waals surface area contributed by atoms with Gasteiger partial charge < -0.3 is 10.2 Å². The fraction of sp³-hybridized carbons (Fsp3) is 0. The first-order valence-electron chi connectivity index (χ1n) is 6.95. The number of carboxylic acids is 2. The number of thiophene rings is 2. The van der Waals surface area contributed by atoms with E-state index in [0.717, 1.165) is 10.3 Å². The lowest BCUT2D eigenvalue weighted by molar-refractivity contribution is 0.0687. The fourth-order valence-corrected chi connectivity index (χ4v) is 5.21. The van der Waals surface area contributed by atoms with Crippen molar-refractivity contribution in [1.29, 1.82) is 0 Å². The van der Waals surface area contributed by atoms with Crippen LogP contribution in [0.25, 0.3) is 31.1 Å². The SMILES string of the molecule is O=C(O)c1ccsc1-c1ccc(-c2sccc2C(=O)O)c2snnc12. The van der Waals surface area contributed by atoms with Crippen LogP contribution in [0, 0.1) is 0 Å². The van der Waals surface area contributed by atoms with E-state index in [1.54, 1.807) is 35.0 Å². The Morgan fingerprint density at radius 1 is 0.840 bits per heavy atom.